The van der Waals surface area contributed by atoms with Crippen molar-refractivity contribution in [3.63, 3.8) is 0 Å². The number of aryl methyl sites for hydroxylation is 1. The fourth-order valence-electron chi connectivity index (χ4n) is 2.32. The summed E-state index contributed by atoms with van der Waals surface area (Å²) in [5, 5.41) is 5.65. The molecule has 0 aliphatic carbocycles. The number of benzene rings is 1. The zero-order valence-electron chi connectivity index (χ0n) is 15.6. The molecule has 2 rings (SSSR count). The number of amides is 2. The molecule has 1 heterocycles. The molecule has 0 spiro atoms. The Kier molecular flexibility index (Phi) is 6.72. The van der Waals surface area contributed by atoms with E-state index in [9.17, 15) is 9.59 Å². The highest BCUT2D eigenvalue weighted by Crippen LogP contribution is 2.23. The maximum absolute atomic E-state index is 12.6. The average molecular weight is 355 g/mol. The molecule has 0 radical (unpaired) electrons. The Morgan fingerprint density at radius 1 is 1.19 bits per heavy atom. The molecular formula is C20H25N3O3. The van der Waals surface area contributed by atoms with Crippen molar-refractivity contribution in [2.75, 3.05) is 11.9 Å². The third-order valence-corrected chi connectivity index (χ3v) is 3.69. The zero-order valence-corrected chi connectivity index (χ0v) is 15.6. The van der Waals surface area contributed by atoms with Gasteiger partial charge in [0.2, 0.25) is 5.91 Å². The second-order valence-corrected chi connectivity index (χ2v) is 6.24. The number of carbonyl (C=O) groups excluding carboxylic acids is 2. The van der Waals surface area contributed by atoms with E-state index in [1.165, 1.54) is 0 Å². The van der Waals surface area contributed by atoms with Gasteiger partial charge in [-0.3, -0.25) is 14.6 Å². The third-order valence-electron chi connectivity index (χ3n) is 3.69. The molecule has 2 aromatic rings. The molecule has 0 saturated carbocycles. The number of hydrogen-bond acceptors (Lipinski definition) is 4. The average Bonchev–Trinajstić information content (AvgIpc) is 2.61. The molecule has 0 aliphatic heterocycles. The second-order valence-electron chi connectivity index (χ2n) is 6.24. The Morgan fingerprint density at radius 3 is 2.62 bits per heavy atom. The van der Waals surface area contributed by atoms with Gasteiger partial charge in [0.05, 0.1) is 24.4 Å². The number of nitrogens with one attached hydrogen (secondary N) is 2. The molecule has 0 atom stereocenters. The van der Waals surface area contributed by atoms with Gasteiger partial charge < -0.3 is 15.4 Å². The largest absolute Gasteiger partial charge is 0.493 e. The van der Waals surface area contributed by atoms with Crippen LogP contribution in [0.4, 0.5) is 5.69 Å². The Bertz CT molecular complexity index is 788. The van der Waals surface area contributed by atoms with Gasteiger partial charge >= 0.3 is 0 Å². The molecule has 1 aromatic carbocycles. The van der Waals surface area contributed by atoms with Gasteiger partial charge in [-0.25, -0.2) is 0 Å². The minimum Gasteiger partial charge on any atom is -0.493 e. The molecule has 0 bridgehead atoms. The first kappa shape index (κ1) is 19.4. The van der Waals surface area contributed by atoms with Gasteiger partial charge in [0.15, 0.2) is 0 Å². The molecule has 0 aliphatic rings. The van der Waals surface area contributed by atoms with E-state index in [1.54, 1.807) is 18.2 Å². The molecule has 0 unspecified atom stereocenters. The molecule has 6 heteroatoms. The number of rotatable bonds is 7. The molecule has 138 valence electrons. The van der Waals surface area contributed by atoms with Crippen LogP contribution < -0.4 is 15.4 Å². The quantitative estimate of drug-likeness (QED) is 0.798. The summed E-state index contributed by atoms with van der Waals surface area (Å²) in [6.07, 6.45) is 0. The maximum Gasteiger partial charge on any atom is 0.255 e. The number of nitrogens with zero attached hydrogens (tertiary/aromatic N) is 1. The van der Waals surface area contributed by atoms with E-state index in [2.05, 4.69) is 15.6 Å². The van der Waals surface area contributed by atoms with Crippen LogP contribution in [-0.4, -0.2) is 23.4 Å². The van der Waals surface area contributed by atoms with Gasteiger partial charge in [-0.2, -0.15) is 0 Å². The van der Waals surface area contributed by atoms with E-state index in [-0.39, 0.29) is 17.7 Å². The molecule has 26 heavy (non-hydrogen) atoms. The first-order chi connectivity index (χ1) is 12.4. The third kappa shape index (κ3) is 5.31. The molecule has 1 aromatic heterocycles. The van der Waals surface area contributed by atoms with Gasteiger partial charge in [-0.1, -0.05) is 19.9 Å². The Balaban J connectivity index is 2.17. The van der Waals surface area contributed by atoms with E-state index in [1.807, 2.05) is 45.9 Å². The van der Waals surface area contributed by atoms with Crippen LogP contribution in [0.1, 0.15) is 42.5 Å². The highest BCUT2D eigenvalue weighted by Gasteiger charge is 2.15. The molecule has 2 N–H and O–H groups in total. The Hall–Kier alpha value is -2.89. The summed E-state index contributed by atoms with van der Waals surface area (Å²) in [5.41, 5.74) is 2.61. The van der Waals surface area contributed by atoms with Crippen molar-refractivity contribution in [3.05, 3.63) is 53.3 Å². The fourth-order valence-corrected chi connectivity index (χ4v) is 2.32. The zero-order chi connectivity index (χ0) is 19.1. The first-order valence-electron chi connectivity index (χ1n) is 8.69. The van der Waals surface area contributed by atoms with Crippen LogP contribution in [-0.2, 0) is 11.3 Å². The first-order valence-corrected chi connectivity index (χ1v) is 8.69. The Morgan fingerprint density at radius 2 is 1.96 bits per heavy atom. The fraction of sp³-hybridized carbons (Fsp3) is 0.350. The summed E-state index contributed by atoms with van der Waals surface area (Å²) in [7, 11) is 0. The van der Waals surface area contributed by atoms with E-state index in [4.69, 9.17) is 4.74 Å². The van der Waals surface area contributed by atoms with E-state index >= 15 is 0 Å². The van der Waals surface area contributed by atoms with Crippen molar-refractivity contribution in [3.8, 4) is 5.75 Å². The van der Waals surface area contributed by atoms with E-state index in [0.717, 1.165) is 11.4 Å². The second kappa shape index (κ2) is 8.99. The number of ether oxygens (including phenoxy) is 1. The highest BCUT2D eigenvalue weighted by atomic mass is 16.5. The lowest BCUT2D eigenvalue weighted by Crippen LogP contribution is -2.24. The van der Waals surface area contributed by atoms with Crippen LogP contribution in [0.15, 0.2) is 36.4 Å². The standard InChI is InChI=1S/C20H25N3O3/c1-5-26-18-10-9-15(23-19(24)13(2)3)11-17(18)20(25)21-12-16-8-6-7-14(4)22-16/h6-11,13H,5,12H2,1-4H3,(H,21,25)(H,23,24). The van der Waals surface area contributed by atoms with E-state index < -0.39 is 0 Å². The lowest BCUT2D eigenvalue weighted by molar-refractivity contribution is -0.118. The summed E-state index contributed by atoms with van der Waals surface area (Å²) in [6, 6.07) is 10.7. The number of aromatic nitrogens is 1. The van der Waals surface area contributed by atoms with Gasteiger partial charge in [0, 0.05) is 17.3 Å². The van der Waals surface area contributed by atoms with Crippen molar-refractivity contribution >= 4 is 17.5 Å². The molecule has 2 amide bonds. The molecular weight excluding hydrogens is 330 g/mol. The van der Waals surface area contributed by atoms with Crippen LogP contribution in [0.2, 0.25) is 0 Å². The van der Waals surface area contributed by atoms with Crippen molar-refractivity contribution in [2.45, 2.75) is 34.2 Å². The number of carbonyl (C=O) groups is 2. The van der Waals surface area contributed by atoms with Gasteiger partial charge in [0.1, 0.15) is 5.75 Å². The highest BCUT2D eigenvalue weighted by molar-refractivity contribution is 5.99. The van der Waals surface area contributed by atoms with Crippen LogP contribution in [0, 0.1) is 12.8 Å². The lowest BCUT2D eigenvalue weighted by atomic mass is 10.1. The topological polar surface area (TPSA) is 80.3 Å². The summed E-state index contributed by atoms with van der Waals surface area (Å²) >= 11 is 0. The van der Waals surface area contributed by atoms with Crippen LogP contribution in [0.3, 0.4) is 0 Å². The van der Waals surface area contributed by atoms with Crippen molar-refractivity contribution in [1.29, 1.82) is 0 Å². The lowest BCUT2D eigenvalue weighted by Gasteiger charge is -2.14. The Labute approximate surface area is 154 Å². The van der Waals surface area contributed by atoms with Crippen molar-refractivity contribution in [2.24, 2.45) is 5.92 Å². The number of pyridine rings is 1. The summed E-state index contributed by atoms with van der Waals surface area (Å²) < 4.78 is 5.55. The predicted molar refractivity (Wildman–Crippen MR) is 101 cm³/mol. The minimum atomic E-state index is -0.280. The molecule has 0 saturated heterocycles. The maximum atomic E-state index is 12.6. The summed E-state index contributed by atoms with van der Waals surface area (Å²) in [6.45, 7) is 8.14. The van der Waals surface area contributed by atoms with Gasteiger partial charge in [-0.05, 0) is 44.2 Å². The van der Waals surface area contributed by atoms with Crippen LogP contribution in [0.25, 0.3) is 0 Å². The van der Waals surface area contributed by atoms with Gasteiger partial charge in [-0.15, -0.1) is 0 Å². The van der Waals surface area contributed by atoms with Crippen molar-refractivity contribution < 1.29 is 14.3 Å². The van der Waals surface area contributed by atoms with Crippen LogP contribution in [0.5, 0.6) is 5.75 Å². The van der Waals surface area contributed by atoms with Crippen LogP contribution >= 0.6 is 0 Å². The molecule has 6 nitrogen and oxygen atoms in total. The van der Waals surface area contributed by atoms with E-state index in [0.29, 0.717) is 30.2 Å². The smallest absolute Gasteiger partial charge is 0.255 e. The predicted octanol–water partition coefficient (Wildman–Crippen LogP) is 3.31. The summed E-state index contributed by atoms with van der Waals surface area (Å²) in [4.78, 5) is 28.9. The summed E-state index contributed by atoms with van der Waals surface area (Å²) in [5.74, 6) is -0.0575. The van der Waals surface area contributed by atoms with Crippen molar-refractivity contribution in [1.82, 2.24) is 10.3 Å². The SMILES string of the molecule is CCOc1ccc(NC(=O)C(C)C)cc1C(=O)NCc1cccc(C)n1. The number of anilines is 1. The monoisotopic (exact) mass is 355 g/mol. The number of hydrogen-bond donors (Lipinski definition) is 2. The minimum absolute atomic E-state index is 0.107. The van der Waals surface area contributed by atoms with Gasteiger partial charge in [0.25, 0.3) is 5.91 Å². The normalized spacial score (nSPS) is 10.5. The molecule has 0 fully saturated rings.